The van der Waals surface area contributed by atoms with Crippen LogP contribution in [0.3, 0.4) is 0 Å². The fraction of sp³-hybridized carbons (Fsp3) is 0.231. The first-order chi connectivity index (χ1) is 16.0. The topological polar surface area (TPSA) is 70.1 Å². The van der Waals surface area contributed by atoms with Gasteiger partial charge >= 0.3 is 0 Å². The van der Waals surface area contributed by atoms with Crippen molar-refractivity contribution in [2.75, 3.05) is 27.2 Å². The average molecular weight is 463 g/mol. The van der Waals surface area contributed by atoms with Gasteiger partial charge in [0.15, 0.2) is 5.76 Å². The second-order valence-electron chi connectivity index (χ2n) is 8.12. The van der Waals surface area contributed by atoms with E-state index in [9.17, 15) is 14.7 Å². The Morgan fingerprint density at radius 1 is 1.09 bits per heavy atom. The quantitative estimate of drug-likeness (QED) is 0.475. The predicted molar refractivity (Wildman–Crippen MR) is 129 cm³/mol. The number of ketones is 1. The van der Waals surface area contributed by atoms with E-state index in [1.165, 1.54) is 11.3 Å². The number of amides is 1. The van der Waals surface area contributed by atoms with Crippen LogP contribution in [0.4, 0.5) is 0 Å². The molecule has 3 aromatic rings. The van der Waals surface area contributed by atoms with Gasteiger partial charge in [0, 0.05) is 13.1 Å². The number of aliphatic hydroxyl groups excluding tert-OH is 1. The summed E-state index contributed by atoms with van der Waals surface area (Å²) < 4.78 is 5.97. The molecule has 4 rings (SSSR count). The number of benzene rings is 2. The van der Waals surface area contributed by atoms with E-state index in [-0.39, 0.29) is 11.4 Å². The highest BCUT2D eigenvalue weighted by Gasteiger charge is 2.43. The van der Waals surface area contributed by atoms with E-state index in [1.54, 1.807) is 22.4 Å². The van der Waals surface area contributed by atoms with Gasteiger partial charge in [-0.25, -0.2) is 0 Å². The highest BCUT2D eigenvalue weighted by molar-refractivity contribution is 7.12. The molecule has 0 radical (unpaired) electrons. The minimum Gasteiger partial charge on any atom is -0.503 e. The standard InChI is InChI=1S/C26H26N2O4S/c1-27(2)13-14-28-23(22(25(30)26(28)31)24(29)21-12-7-15-33-21)19-10-6-11-20(16-19)32-17-18-8-4-3-5-9-18/h3-12,15-16,23,30H,13-14,17H2,1-2H3. The molecule has 1 unspecified atom stereocenters. The van der Waals surface area contributed by atoms with E-state index < -0.39 is 17.7 Å². The molecule has 2 aromatic carbocycles. The van der Waals surface area contributed by atoms with Crippen molar-refractivity contribution in [3.05, 3.63) is 99.4 Å². The fourth-order valence-corrected chi connectivity index (χ4v) is 4.50. The maximum Gasteiger partial charge on any atom is 0.290 e. The second kappa shape index (κ2) is 10.0. The zero-order chi connectivity index (χ0) is 23.4. The zero-order valence-corrected chi connectivity index (χ0v) is 19.4. The first-order valence-electron chi connectivity index (χ1n) is 10.7. The van der Waals surface area contributed by atoms with E-state index >= 15 is 0 Å². The van der Waals surface area contributed by atoms with E-state index in [0.717, 1.165) is 11.1 Å². The van der Waals surface area contributed by atoms with Crippen molar-refractivity contribution in [1.82, 2.24) is 9.80 Å². The van der Waals surface area contributed by atoms with Gasteiger partial charge in [-0.2, -0.15) is 0 Å². The van der Waals surface area contributed by atoms with Gasteiger partial charge in [0.25, 0.3) is 5.91 Å². The Kier molecular flexibility index (Phi) is 6.91. The summed E-state index contributed by atoms with van der Waals surface area (Å²) in [5, 5.41) is 12.5. The van der Waals surface area contributed by atoms with Gasteiger partial charge in [0.2, 0.25) is 5.78 Å². The number of ether oxygens (including phenoxy) is 1. The normalized spacial score (nSPS) is 16.0. The predicted octanol–water partition coefficient (Wildman–Crippen LogP) is 4.47. The summed E-state index contributed by atoms with van der Waals surface area (Å²) in [4.78, 5) is 30.3. The van der Waals surface area contributed by atoms with Gasteiger partial charge in [-0.1, -0.05) is 48.5 Å². The third-order valence-electron chi connectivity index (χ3n) is 5.50. The Morgan fingerprint density at radius 3 is 2.58 bits per heavy atom. The zero-order valence-electron chi connectivity index (χ0n) is 18.6. The summed E-state index contributed by atoms with van der Waals surface area (Å²) in [7, 11) is 3.83. The molecule has 1 amide bonds. The average Bonchev–Trinajstić information content (AvgIpc) is 3.44. The number of carbonyl (C=O) groups is 2. The van der Waals surface area contributed by atoms with Crippen LogP contribution in [-0.2, 0) is 11.4 Å². The van der Waals surface area contributed by atoms with Crippen LogP contribution in [0.5, 0.6) is 5.75 Å². The van der Waals surface area contributed by atoms with Crippen molar-refractivity contribution in [2.24, 2.45) is 0 Å². The number of hydrogen-bond acceptors (Lipinski definition) is 6. The molecule has 0 fully saturated rings. The molecule has 7 heteroatoms. The molecule has 1 aromatic heterocycles. The van der Waals surface area contributed by atoms with Crippen molar-refractivity contribution in [2.45, 2.75) is 12.6 Å². The number of aliphatic hydroxyl groups is 1. The summed E-state index contributed by atoms with van der Waals surface area (Å²) in [6, 6.07) is 20.0. The highest BCUT2D eigenvalue weighted by Crippen LogP contribution is 2.40. The molecule has 1 aliphatic heterocycles. The van der Waals surface area contributed by atoms with Crippen LogP contribution in [0.1, 0.15) is 26.8 Å². The lowest BCUT2D eigenvalue weighted by Gasteiger charge is -2.28. The van der Waals surface area contributed by atoms with Gasteiger partial charge in [-0.15, -0.1) is 11.3 Å². The summed E-state index contributed by atoms with van der Waals surface area (Å²) in [6.45, 7) is 1.37. The molecule has 0 aliphatic carbocycles. The molecule has 6 nitrogen and oxygen atoms in total. The Balaban J connectivity index is 1.67. The van der Waals surface area contributed by atoms with Crippen molar-refractivity contribution in [3.8, 4) is 5.75 Å². The Morgan fingerprint density at radius 2 is 1.88 bits per heavy atom. The summed E-state index contributed by atoms with van der Waals surface area (Å²) in [6.07, 6.45) is 0. The molecule has 0 saturated heterocycles. The van der Waals surface area contributed by atoms with Gasteiger partial charge in [-0.05, 0) is 48.8 Å². The van der Waals surface area contributed by atoms with E-state index in [1.807, 2.05) is 73.6 Å². The minimum absolute atomic E-state index is 0.112. The smallest absolute Gasteiger partial charge is 0.290 e. The first-order valence-corrected chi connectivity index (χ1v) is 11.6. The molecule has 0 bridgehead atoms. The van der Waals surface area contributed by atoms with Crippen LogP contribution in [0.2, 0.25) is 0 Å². The number of hydrogen-bond donors (Lipinski definition) is 1. The molecular formula is C26H26N2O4S. The van der Waals surface area contributed by atoms with Crippen LogP contribution in [-0.4, -0.2) is 53.8 Å². The van der Waals surface area contributed by atoms with Crippen molar-refractivity contribution in [1.29, 1.82) is 0 Å². The largest absolute Gasteiger partial charge is 0.503 e. The summed E-state index contributed by atoms with van der Waals surface area (Å²) in [5.41, 5.74) is 1.87. The number of thiophene rings is 1. The molecule has 170 valence electrons. The van der Waals surface area contributed by atoms with Gasteiger partial charge in [0.05, 0.1) is 16.5 Å². The monoisotopic (exact) mass is 462 g/mol. The maximum absolute atomic E-state index is 13.3. The third kappa shape index (κ3) is 4.99. The number of nitrogens with zero attached hydrogens (tertiary/aromatic N) is 2. The number of carbonyl (C=O) groups excluding carboxylic acids is 2. The van der Waals surface area contributed by atoms with E-state index in [4.69, 9.17) is 4.74 Å². The molecular weight excluding hydrogens is 436 g/mol. The Labute approximate surface area is 197 Å². The van der Waals surface area contributed by atoms with Crippen LogP contribution >= 0.6 is 11.3 Å². The van der Waals surface area contributed by atoms with Crippen LogP contribution in [0, 0.1) is 0 Å². The molecule has 33 heavy (non-hydrogen) atoms. The molecule has 0 saturated carbocycles. The molecule has 2 heterocycles. The Hall–Kier alpha value is -3.42. The summed E-state index contributed by atoms with van der Waals surface area (Å²) in [5.74, 6) is -0.709. The van der Waals surface area contributed by atoms with Crippen molar-refractivity contribution in [3.63, 3.8) is 0 Å². The first kappa shape index (κ1) is 22.8. The SMILES string of the molecule is CN(C)CCN1C(=O)C(O)=C(C(=O)c2cccs2)C1c1cccc(OCc2ccccc2)c1. The molecule has 1 atom stereocenters. The lowest BCUT2D eigenvalue weighted by molar-refractivity contribution is -0.129. The number of rotatable bonds is 9. The lowest BCUT2D eigenvalue weighted by Crippen LogP contribution is -2.36. The van der Waals surface area contributed by atoms with Crippen molar-refractivity contribution < 1.29 is 19.4 Å². The maximum atomic E-state index is 13.3. The van der Waals surface area contributed by atoms with Gasteiger partial charge in [0.1, 0.15) is 12.4 Å². The van der Waals surface area contributed by atoms with E-state index in [2.05, 4.69) is 0 Å². The second-order valence-corrected chi connectivity index (χ2v) is 9.07. The van der Waals surface area contributed by atoms with Crippen LogP contribution < -0.4 is 4.74 Å². The van der Waals surface area contributed by atoms with E-state index in [0.29, 0.717) is 30.3 Å². The van der Waals surface area contributed by atoms with Gasteiger partial charge in [-0.3, -0.25) is 9.59 Å². The summed E-state index contributed by atoms with van der Waals surface area (Å²) >= 11 is 1.29. The lowest BCUT2D eigenvalue weighted by atomic mass is 9.95. The van der Waals surface area contributed by atoms with Crippen LogP contribution in [0.25, 0.3) is 0 Å². The number of likely N-dealkylation sites (N-methyl/N-ethyl adjacent to an activating group) is 1. The third-order valence-corrected chi connectivity index (χ3v) is 6.37. The molecule has 1 N–H and O–H groups in total. The Bertz CT molecular complexity index is 1160. The van der Waals surface area contributed by atoms with Gasteiger partial charge < -0.3 is 19.6 Å². The number of Topliss-reactive ketones (excluding diaryl/α,β-unsaturated/α-hetero) is 1. The minimum atomic E-state index is -0.688. The van der Waals surface area contributed by atoms with Crippen molar-refractivity contribution >= 4 is 23.0 Å². The van der Waals surface area contributed by atoms with Crippen LogP contribution in [0.15, 0.2) is 83.4 Å². The fourth-order valence-electron chi connectivity index (χ4n) is 3.83. The molecule has 0 spiro atoms. The molecule has 1 aliphatic rings. The highest BCUT2D eigenvalue weighted by atomic mass is 32.1.